The molecule has 1 aromatic heterocycles. The number of carbonyl (C=O) groups is 1. The Hall–Kier alpha value is -1.65. The first-order valence-corrected chi connectivity index (χ1v) is 8.65. The second-order valence-electron chi connectivity index (χ2n) is 6.04. The number of hydrogen-bond acceptors (Lipinski definition) is 3. The molecule has 116 valence electrons. The van der Waals surface area contributed by atoms with Crippen molar-refractivity contribution in [1.82, 2.24) is 4.90 Å². The fourth-order valence-electron chi connectivity index (χ4n) is 3.24. The predicted octanol–water partition coefficient (Wildman–Crippen LogP) is 3.94. The lowest BCUT2D eigenvalue weighted by molar-refractivity contribution is -0.143. The molecule has 3 rings (SSSR count). The maximum Gasteiger partial charge on any atom is 0.307 e. The summed E-state index contributed by atoms with van der Waals surface area (Å²) >= 11 is 1.69. The third-order valence-corrected chi connectivity index (χ3v) is 5.12. The molecule has 2 unspecified atom stereocenters. The van der Waals surface area contributed by atoms with Crippen LogP contribution in [0.2, 0.25) is 0 Å². The van der Waals surface area contributed by atoms with Crippen LogP contribution < -0.4 is 0 Å². The number of hydrogen-bond donors (Lipinski definition) is 1. The lowest BCUT2D eigenvalue weighted by atomic mass is 9.92. The van der Waals surface area contributed by atoms with E-state index in [0.717, 1.165) is 19.4 Å². The molecule has 0 aliphatic carbocycles. The molecule has 2 heterocycles. The van der Waals surface area contributed by atoms with Crippen molar-refractivity contribution < 1.29 is 9.90 Å². The smallest absolute Gasteiger partial charge is 0.307 e. The highest BCUT2D eigenvalue weighted by Gasteiger charge is 2.31. The molecule has 0 radical (unpaired) electrons. The van der Waals surface area contributed by atoms with Crippen LogP contribution in [0.3, 0.4) is 0 Å². The number of aliphatic carboxylic acids is 1. The molecule has 1 saturated heterocycles. The van der Waals surface area contributed by atoms with Crippen LogP contribution in [0.25, 0.3) is 0 Å². The number of rotatable bonds is 4. The van der Waals surface area contributed by atoms with Gasteiger partial charge in [-0.05, 0) is 54.3 Å². The molecule has 1 fully saturated rings. The molecule has 22 heavy (non-hydrogen) atoms. The molecule has 2 aromatic rings. The minimum Gasteiger partial charge on any atom is -0.481 e. The van der Waals surface area contributed by atoms with E-state index >= 15 is 0 Å². The molecule has 1 aromatic carbocycles. The van der Waals surface area contributed by atoms with E-state index in [1.807, 2.05) is 0 Å². The molecule has 0 saturated carbocycles. The van der Waals surface area contributed by atoms with Crippen molar-refractivity contribution in [2.45, 2.75) is 25.8 Å². The molecule has 4 heteroatoms. The van der Waals surface area contributed by atoms with E-state index in [4.69, 9.17) is 0 Å². The zero-order valence-corrected chi connectivity index (χ0v) is 13.6. The van der Waals surface area contributed by atoms with Crippen LogP contribution in [0.5, 0.6) is 0 Å². The highest BCUT2D eigenvalue weighted by molar-refractivity contribution is 7.08. The minimum absolute atomic E-state index is 0.161. The van der Waals surface area contributed by atoms with Crippen molar-refractivity contribution in [3.8, 4) is 0 Å². The zero-order valence-electron chi connectivity index (χ0n) is 12.7. The molecule has 3 nitrogen and oxygen atoms in total. The van der Waals surface area contributed by atoms with E-state index in [2.05, 4.69) is 52.9 Å². The molecule has 0 bridgehead atoms. The van der Waals surface area contributed by atoms with Crippen molar-refractivity contribution in [2.75, 3.05) is 13.1 Å². The summed E-state index contributed by atoms with van der Waals surface area (Å²) < 4.78 is 0. The summed E-state index contributed by atoms with van der Waals surface area (Å²) in [4.78, 5) is 13.7. The van der Waals surface area contributed by atoms with Gasteiger partial charge in [-0.1, -0.05) is 29.8 Å². The lowest BCUT2D eigenvalue weighted by Crippen LogP contribution is -2.41. The van der Waals surface area contributed by atoms with E-state index in [1.165, 1.54) is 16.7 Å². The van der Waals surface area contributed by atoms with E-state index in [1.54, 1.807) is 11.3 Å². The van der Waals surface area contributed by atoms with Crippen molar-refractivity contribution in [2.24, 2.45) is 5.92 Å². The highest BCUT2D eigenvalue weighted by Crippen LogP contribution is 2.33. The number of piperidine rings is 1. The quantitative estimate of drug-likeness (QED) is 0.929. The van der Waals surface area contributed by atoms with Crippen molar-refractivity contribution in [1.29, 1.82) is 0 Å². The second kappa shape index (κ2) is 6.63. The standard InChI is InChI=1S/C18H21NO2S/c1-13-4-6-14(7-5-13)17(16-8-10-22-12-16)19-9-2-3-15(11-19)18(20)21/h4-8,10,12,15,17H,2-3,9,11H2,1H3,(H,20,21). The Morgan fingerprint density at radius 2 is 2.05 bits per heavy atom. The van der Waals surface area contributed by atoms with Crippen molar-refractivity contribution in [3.63, 3.8) is 0 Å². The summed E-state index contributed by atoms with van der Waals surface area (Å²) in [5.41, 5.74) is 3.75. The Morgan fingerprint density at radius 3 is 2.68 bits per heavy atom. The van der Waals surface area contributed by atoms with Gasteiger partial charge >= 0.3 is 5.97 Å². The van der Waals surface area contributed by atoms with Gasteiger partial charge in [0.2, 0.25) is 0 Å². The van der Waals surface area contributed by atoms with Gasteiger partial charge in [-0.25, -0.2) is 0 Å². The third kappa shape index (κ3) is 3.23. The van der Waals surface area contributed by atoms with Crippen LogP contribution in [-0.2, 0) is 4.79 Å². The number of likely N-dealkylation sites (tertiary alicyclic amines) is 1. The van der Waals surface area contributed by atoms with Gasteiger partial charge in [0.05, 0.1) is 12.0 Å². The van der Waals surface area contributed by atoms with Gasteiger partial charge < -0.3 is 5.11 Å². The molecule has 1 aliphatic heterocycles. The maximum atomic E-state index is 11.4. The van der Waals surface area contributed by atoms with Gasteiger partial charge in [0.15, 0.2) is 0 Å². The highest BCUT2D eigenvalue weighted by atomic mass is 32.1. The predicted molar refractivity (Wildman–Crippen MR) is 89.3 cm³/mol. The number of carboxylic acids is 1. The molecule has 2 atom stereocenters. The fourth-order valence-corrected chi connectivity index (χ4v) is 3.91. The number of thiophene rings is 1. The number of nitrogens with zero attached hydrogens (tertiary/aromatic N) is 1. The van der Waals surface area contributed by atoms with Gasteiger partial charge in [-0.2, -0.15) is 11.3 Å². The Kier molecular flexibility index (Phi) is 4.60. The van der Waals surface area contributed by atoms with Gasteiger partial charge in [0, 0.05) is 6.54 Å². The van der Waals surface area contributed by atoms with Crippen LogP contribution in [0.1, 0.15) is 35.6 Å². The maximum absolute atomic E-state index is 11.4. The molecule has 1 aliphatic rings. The molecule has 1 N–H and O–H groups in total. The van der Waals surface area contributed by atoms with Crippen LogP contribution >= 0.6 is 11.3 Å². The van der Waals surface area contributed by atoms with Crippen LogP contribution in [0, 0.1) is 12.8 Å². The van der Waals surface area contributed by atoms with E-state index in [9.17, 15) is 9.90 Å². The number of benzene rings is 1. The van der Waals surface area contributed by atoms with Gasteiger partial charge in [0.1, 0.15) is 0 Å². The summed E-state index contributed by atoms with van der Waals surface area (Å²) in [7, 11) is 0. The number of aryl methyl sites for hydroxylation is 1. The van der Waals surface area contributed by atoms with Gasteiger partial charge in [-0.3, -0.25) is 9.69 Å². The monoisotopic (exact) mass is 315 g/mol. The van der Waals surface area contributed by atoms with E-state index < -0.39 is 5.97 Å². The van der Waals surface area contributed by atoms with E-state index in [-0.39, 0.29) is 12.0 Å². The number of carboxylic acid groups (broad SMARTS) is 1. The fraction of sp³-hybridized carbons (Fsp3) is 0.389. The topological polar surface area (TPSA) is 40.5 Å². The molecular formula is C18H21NO2S. The summed E-state index contributed by atoms with van der Waals surface area (Å²) in [6, 6.07) is 10.9. The SMILES string of the molecule is Cc1ccc(C(c2ccsc2)N2CCCC(C(=O)O)C2)cc1. The lowest BCUT2D eigenvalue weighted by Gasteiger charge is -2.37. The summed E-state index contributed by atoms with van der Waals surface area (Å²) in [5, 5.41) is 13.6. The molecule has 0 spiro atoms. The Morgan fingerprint density at radius 1 is 1.27 bits per heavy atom. The Labute approximate surface area is 135 Å². The molecule has 0 amide bonds. The van der Waals surface area contributed by atoms with Crippen LogP contribution in [0.4, 0.5) is 0 Å². The summed E-state index contributed by atoms with van der Waals surface area (Å²) in [6.45, 7) is 3.67. The first-order valence-electron chi connectivity index (χ1n) is 7.70. The average molecular weight is 315 g/mol. The minimum atomic E-state index is -0.669. The van der Waals surface area contributed by atoms with Crippen LogP contribution in [-0.4, -0.2) is 29.1 Å². The summed E-state index contributed by atoms with van der Waals surface area (Å²) in [6.07, 6.45) is 1.74. The largest absolute Gasteiger partial charge is 0.481 e. The van der Waals surface area contributed by atoms with Crippen molar-refractivity contribution >= 4 is 17.3 Å². The Balaban J connectivity index is 1.92. The Bertz CT molecular complexity index is 621. The second-order valence-corrected chi connectivity index (χ2v) is 6.82. The summed E-state index contributed by atoms with van der Waals surface area (Å²) in [5.74, 6) is -0.919. The van der Waals surface area contributed by atoms with Gasteiger partial charge in [-0.15, -0.1) is 0 Å². The zero-order chi connectivity index (χ0) is 15.5. The third-order valence-electron chi connectivity index (χ3n) is 4.42. The molecular weight excluding hydrogens is 294 g/mol. The first kappa shape index (κ1) is 15.3. The first-order chi connectivity index (χ1) is 10.6. The van der Waals surface area contributed by atoms with Gasteiger partial charge in [0.25, 0.3) is 0 Å². The van der Waals surface area contributed by atoms with Crippen molar-refractivity contribution in [3.05, 3.63) is 57.8 Å². The average Bonchev–Trinajstić information content (AvgIpc) is 3.04. The van der Waals surface area contributed by atoms with Crippen LogP contribution in [0.15, 0.2) is 41.1 Å². The van der Waals surface area contributed by atoms with E-state index in [0.29, 0.717) is 6.54 Å². The normalized spacial score (nSPS) is 20.7.